The standard InChI is InChI=1S/C13H23NOS/c1-5-7-11(14-4)12(6-2)16-13-8-9-15-10(13)3/h8-9,11-12,14H,5-7H2,1-4H3. The van der Waals surface area contributed by atoms with Crippen LogP contribution in [0, 0.1) is 6.92 Å². The Bertz CT molecular complexity index is 298. The molecule has 1 aromatic heterocycles. The van der Waals surface area contributed by atoms with E-state index in [1.54, 1.807) is 6.26 Å². The largest absolute Gasteiger partial charge is 0.468 e. The first-order valence-corrected chi connectivity index (χ1v) is 6.98. The molecule has 16 heavy (non-hydrogen) atoms. The highest BCUT2D eigenvalue weighted by atomic mass is 32.2. The Morgan fingerprint density at radius 3 is 2.62 bits per heavy atom. The zero-order chi connectivity index (χ0) is 12.0. The van der Waals surface area contributed by atoms with Crippen molar-refractivity contribution in [2.24, 2.45) is 0 Å². The maximum atomic E-state index is 5.34. The summed E-state index contributed by atoms with van der Waals surface area (Å²) in [5.41, 5.74) is 0. The van der Waals surface area contributed by atoms with Gasteiger partial charge in [0.15, 0.2) is 0 Å². The van der Waals surface area contributed by atoms with E-state index < -0.39 is 0 Å². The lowest BCUT2D eigenvalue weighted by molar-refractivity contribution is 0.489. The number of rotatable bonds is 7. The van der Waals surface area contributed by atoms with Crippen LogP contribution in [0.15, 0.2) is 21.6 Å². The van der Waals surface area contributed by atoms with E-state index in [1.165, 1.54) is 24.2 Å². The third kappa shape index (κ3) is 3.56. The molecular formula is C13H23NOS. The first-order chi connectivity index (χ1) is 7.72. The Morgan fingerprint density at radius 1 is 1.44 bits per heavy atom. The third-order valence-corrected chi connectivity index (χ3v) is 4.55. The number of aryl methyl sites for hydroxylation is 1. The van der Waals surface area contributed by atoms with Gasteiger partial charge in [0.1, 0.15) is 5.76 Å². The Balaban J connectivity index is 2.63. The summed E-state index contributed by atoms with van der Waals surface area (Å²) in [5.74, 6) is 1.04. The molecule has 92 valence electrons. The van der Waals surface area contributed by atoms with Crippen LogP contribution in [-0.2, 0) is 0 Å². The average molecular weight is 241 g/mol. The first-order valence-electron chi connectivity index (χ1n) is 6.10. The molecule has 1 heterocycles. The van der Waals surface area contributed by atoms with E-state index in [0.29, 0.717) is 11.3 Å². The van der Waals surface area contributed by atoms with E-state index in [-0.39, 0.29) is 0 Å². The molecule has 0 amide bonds. The summed E-state index contributed by atoms with van der Waals surface area (Å²) in [5, 5.41) is 4.06. The number of furan rings is 1. The van der Waals surface area contributed by atoms with Gasteiger partial charge in [0.25, 0.3) is 0 Å². The van der Waals surface area contributed by atoms with Gasteiger partial charge in [-0.1, -0.05) is 20.3 Å². The van der Waals surface area contributed by atoms with E-state index in [0.717, 1.165) is 5.76 Å². The Labute approximate surface area is 103 Å². The molecule has 3 heteroatoms. The third-order valence-electron chi connectivity index (χ3n) is 2.91. The van der Waals surface area contributed by atoms with Gasteiger partial charge in [-0.3, -0.25) is 0 Å². The highest BCUT2D eigenvalue weighted by Crippen LogP contribution is 2.31. The minimum atomic E-state index is 0.592. The van der Waals surface area contributed by atoms with Crippen molar-refractivity contribution >= 4 is 11.8 Å². The molecule has 2 nitrogen and oxygen atoms in total. The predicted molar refractivity (Wildman–Crippen MR) is 71.1 cm³/mol. The molecule has 0 aromatic carbocycles. The van der Waals surface area contributed by atoms with Crippen molar-refractivity contribution in [1.82, 2.24) is 5.32 Å². The monoisotopic (exact) mass is 241 g/mol. The molecule has 0 aliphatic heterocycles. The van der Waals surface area contributed by atoms with Crippen LogP contribution >= 0.6 is 11.8 Å². The fourth-order valence-electron chi connectivity index (χ4n) is 1.94. The molecule has 0 aliphatic rings. The normalized spacial score (nSPS) is 15.0. The van der Waals surface area contributed by atoms with Gasteiger partial charge >= 0.3 is 0 Å². The van der Waals surface area contributed by atoms with Crippen LogP contribution in [0.3, 0.4) is 0 Å². The highest BCUT2D eigenvalue weighted by molar-refractivity contribution is 8.00. The van der Waals surface area contributed by atoms with Crippen LogP contribution in [0.5, 0.6) is 0 Å². The second kappa shape index (κ2) is 7.02. The van der Waals surface area contributed by atoms with Crippen molar-refractivity contribution in [1.29, 1.82) is 0 Å². The fraction of sp³-hybridized carbons (Fsp3) is 0.692. The summed E-state index contributed by atoms with van der Waals surface area (Å²) in [6.07, 6.45) is 5.42. The van der Waals surface area contributed by atoms with E-state index in [4.69, 9.17) is 4.42 Å². The molecule has 2 unspecified atom stereocenters. The second-order valence-corrected chi connectivity index (χ2v) is 5.37. The summed E-state index contributed by atoms with van der Waals surface area (Å²) >= 11 is 1.94. The summed E-state index contributed by atoms with van der Waals surface area (Å²) in [7, 11) is 2.06. The van der Waals surface area contributed by atoms with Crippen LogP contribution in [0.4, 0.5) is 0 Å². The molecule has 1 rings (SSSR count). The van der Waals surface area contributed by atoms with E-state index in [2.05, 4.69) is 32.3 Å². The molecule has 0 bridgehead atoms. The molecule has 0 saturated heterocycles. The van der Waals surface area contributed by atoms with Crippen LogP contribution in [0.1, 0.15) is 38.9 Å². The van der Waals surface area contributed by atoms with Crippen molar-refractivity contribution in [3.05, 3.63) is 18.1 Å². The second-order valence-electron chi connectivity index (χ2n) is 4.09. The number of nitrogens with one attached hydrogen (secondary N) is 1. The van der Waals surface area contributed by atoms with E-state index in [1.807, 2.05) is 18.7 Å². The first kappa shape index (κ1) is 13.7. The molecule has 1 aromatic rings. The van der Waals surface area contributed by atoms with Gasteiger partial charge in [-0.25, -0.2) is 0 Å². The summed E-state index contributed by atoms with van der Waals surface area (Å²) < 4.78 is 5.34. The molecule has 0 aliphatic carbocycles. The van der Waals surface area contributed by atoms with Gasteiger partial charge < -0.3 is 9.73 Å². The Kier molecular flexibility index (Phi) is 5.99. The molecule has 0 spiro atoms. The van der Waals surface area contributed by atoms with E-state index in [9.17, 15) is 0 Å². The fourth-order valence-corrected chi connectivity index (χ4v) is 3.21. The van der Waals surface area contributed by atoms with Gasteiger partial charge in [0.2, 0.25) is 0 Å². The lowest BCUT2D eigenvalue weighted by atomic mass is 10.1. The molecule has 0 fully saturated rings. The quantitative estimate of drug-likeness (QED) is 0.734. The SMILES string of the molecule is CCCC(NC)C(CC)Sc1ccoc1C. The van der Waals surface area contributed by atoms with Crippen molar-refractivity contribution in [2.75, 3.05) is 7.05 Å². The summed E-state index contributed by atoms with van der Waals surface area (Å²) in [6, 6.07) is 2.66. The van der Waals surface area contributed by atoms with Gasteiger partial charge in [0, 0.05) is 16.2 Å². The van der Waals surface area contributed by atoms with Crippen LogP contribution < -0.4 is 5.32 Å². The minimum Gasteiger partial charge on any atom is -0.468 e. The number of hydrogen-bond acceptors (Lipinski definition) is 3. The van der Waals surface area contributed by atoms with Crippen molar-refractivity contribution in [3.8, 4) is 0 Å². The Morgan fingerprint density at radius 2 is 2.19 bits per heavy atom. The van der Waals surface area contributed by atoms with E-state index >= 15 is 0 Å². The number of thioether (sulfide) groups is 1. The topological polar surface area (TPSA) is 25.2 Å². The highest BCUT2D eigenvalue weighted by Gasteiger charge is 2.20. The van der Waals surface area contributed by atoms with Crippen molar-refractivity contribution in [2.45, 2.75) is 56.2 Å². The lowest BCUT2D eigenvalue weighted by Crippen LogP contribution is -2.35. The van der Waals surface area contributed by atoms with Gasteiger partial charge in [0.05, 0.1) is 6.26 Å². The Hall–Kier alpha value is -0.410. The zero-order valence-electron chi connectivity index (χ0n) is 10.7. The number of hydrogen-bond donors (Lipinski definition) is 1. The summed E-state index contributed by atoms with van der Waals surface area (Å²) in [4.78, 5) is 1.28. The van der Waals surface area contributed by atoms with Crippen LogP contribution in [-0.4, -0.2) is 18.3 Å². The van der Waals surface area contributed by atoms with Gasteiger partial charge in [-0.15, -0.1) is 11.8 Å². The molecule has 1 N–H and O–H groups in total. The minimum absolute atomic E-state index is 0.592. The molecule has 2 atom stereocenters. The molecular weight excluding hydrogens is 218 g/mol. The summed E-state index contributed by atoms with van der Waals surface area (Å²) in [6.45, 7) is 6.53. The smallest absolute Gasteiger partial charge is 0.114 e. The maximum absolute atomic E-state index is 5.34. The van der Waals surface area contributed by atoms with Gasteiger partial charge in [-0.2, -0.15) is 0 Å². The predicted octanol–water partition coefficient (Wildman–Crippen LogP) is 3.85. The van der Waals surface area contributed by atoms with Gasteiger partial charge in [-0.05, 0) is 32.9 Å². The van der Waals surface area contributed by atoms with Crippen LogP contribution in [0.2, 0.25) is 0 Å². The molecule has 0 saturated carbocycles. The van der Waals surface area contributed by atoms with Crippen molar-refractivity contribution < 1.29 is 4.42 Å². The van der Waals surface area contributed by atoms with Crippen molar-refractivity contribution in [3.63, 3.8) is 0 Å². The van der Waals surface area contributed by atoms with Crippen LogP contribution in [0.25, 0.3) is 0 Å². The lowest BCUT2D eigenvalue weighted by Gasteiger charge is -2.24. The average Bonchev–Trinajstić information content (AvgIpc) is 2.69. The molecule has 0 radical (unpaired) electrons. The maximum Gasteiger partial charge on any atom is 0.114 e. The zero-order valence-corrected chi connectivity index (χ0v) is 11.6.